The molecule has 1 atom stereocenters. The number of Topliss-reactive ketones (excluding diaryl/α,β-unsaturated/α-hetero) is 1. The lowest BCUT2D eigenvalue weighted by Crippen LogP contribution is -2.31. The Morgan fingerprint density at radius 1 is 1.08 bits per heavy atom. The number of hydrogen-bond acceptors (Lipinski definition) is 5. The summed E-state index contributed by atoms with van der Waals surface area (Å²) in [6, 6.07) is 9.93. The fraction of sp³-hybridized carbons (Fsp3) is 0.200. The second-order valence-electron chi connectivity index (χ2n) is 6.20. The number of anilines is 1. The third-order valence-corrected chi connectivity index (χ3v) is 4.43. The first-order chi connectivity index (χ1) is 12.3. The van der Waals surface area contributed by atoms with Crippen molar-refractivity contribution in [1.29, 1.82) is 0 Å². The number of amides is 1. The van der Waals surface area contributed by atoms with E-state index in [2.05, 4.69) is 0 Å². The number of phenols is 2. The van der Waals surface area contributed by atoms with Crippen LogP contribution in [-0.4, -0.2) is 27.0 Å². The van der Waals surface area contributed by atoms with Crippen molar-refractivity contribution in [2.45, 2.75) is 26.3 Å². The van der Waals surface area contributed by atoms with Gasteiger partial charge in [0.25, 0.3) is 5.91 Å². The Bertz CT molecular complexity index is 914. The second kappa shape index (κ2) is 6.55. The third-order valence-electron chi connectivity index (χ3n) is 4.43. The molecule has 0 fully saturated rings. The first-order valence-electron chi connectivity index (χ1n) is 8.23. The van der Waals surface area contributed by atoms with E-state index >= 15 is 0 Å². The van der Waals surface area contributed by atoms with E-state index in [0.717, 1.165) is 5.56 Å². The average Bonchev–Trinajstić information content (AvgIpc) is 2.88. The van der Waals surface area contributed by atoms with Crippen LogP contribution in [0.4, 0.5) is 5.69 Å². The Kier molecular flexibility index (Phi) is 4.42. The summed E-state index contributed by atoms with van der Waals surface area (Å²) < 4.78 is 0. The van der Waals surface area contributed by atoms with Crippen LogP contribution in [0.1, 0.15) is 30.5 Å². The van der Waals surface area contributed by atoms with E-state index in [1.807, 2.05) is 6.92 Å². The molecule has 1 aliphatic rings. The number of rotatable bonds is 4. The monoisotopic (exact) mass is 353 g/mol. The zero-order chi connectivity index (χ0) is 19.0. The summed E-state index contributed by atoms with van der Waals surface area (Å²) in [5, 5.41) is 30.2. The van der Waals surface area contributed by atoms with Crippen LogP contribution < -0.4 is 4.90 Å². The van der Waals surface area contributed by atoms with Crippen LogP contribution in [0.25, 0.3) is 0 Å². The fourth-order valence-electron chi connectivity index (χ4n) is 3.13. The molecule has 2 aromatic rings. The van der Waals surface area contributed by atoms with Crippen LogP contribution in [0, 0.1) is 6.92 Å². The number of nitrogens with zero attached hydrogens (tertiary/aromatic N) is 1. The lowest BCUT2D eigenvalue weighted by Gasteiger charge is -2.27. The molecule has 0 saturated carbocycles. The molecule has 0 radical (unpaired) electrons. The molecule has 26 heavy (non-hydrogen) atoms. The summed E-state index contributed by atoms with van der Waals surface area (Å²) in [5.41, 5.74) is 1.55. The molecule has 0 aliphatic carbocycles. The third kappa shape index (κ3) is 2.79. The van der Waals surface area contributed by atoms with E-state index in [-0.39, 0.29) is 35.0 Å². The van der Waals surface area contributed by atoms with Gasteiger partial charge in [0.05, 0.1) is 17.3 Å². The van der Waals surface area contributed by atoms with Gasteiger partial charge in [0.15, 0.2) is 11.5 Å². The molecule has 134 valence electrons. The number of hydrogen-bond donors (Lipinski definition) is 3. The SMILES string of the molecule is CCC(=O)C1=C(O)C(=O)N(c2cc(C)ccc2O)C1c1ccc(O)cc1. The first-order valence-corrected chi connectivity index (χ1v) is 8.23. The highest BCUT2D eigenvalue weighted by molar-refractivity contribution is 6.16. The van der Waals surface area contributed by atoms with Crippen molar-refractivity contribution in [2.75, 3.05) is 4.90 Å². The summed E-state index contributed by atoms with van der Waals surface area (Å²) >= 11 is 0. The van der Waals surface area contributed by atoms with Gasteiger partial charge in [-0.15, -0.1) is 0 Å². The molecule has 1 heterocycles. The van der Waals surface area contributed by atoms with Crippen molar-refractivity contribution in [1.82, 2.24) is 0 Å². The first kappa shape index (κ1) is 17.5. The van der Waals surface area contributed by atoms with Gasteiger partial charge >= 0.3 is 0 Å². The van der Waals surface area contributed by atoms with E-state index in [4.69, 9.17) is 0 Å². The quantitative estimate of drug-likeness (QED) is 0.783. The highest BCUT2D eigenvalue weighted by Crippen LogP contribution is 2.44. The smallest absolute Gasteiger partial charge is 0.294 e. The summed E-state index contributed by atoms with van der Waals surface area (Å²) in [5.74, 6) is -1.81. The number of phenolic OH excluding ortho intramolecular Hbond substituents is 2. The minimum Gasteiger partial charge on any atom is -0.508 e. The number of aryl methyl sites for hydroxylation is 1. The number of aromatic hydroxyl groups is 2. The topological polar surface area (TPSA) is 98.1 Å². The number of benzene rings is 2. The molecule has 0 saturated heterocycles. The minimum absolute atomic E-state index is 0.0101. The van der Waals surface area contributed by atoms with Gasteiger partial charge in [0.2, 0.25) is 0 Å². The van der Waals surface area contributed by atoms with Crippen molar-refractivity contribution in [3.63, 3.8) is 0 Å². The Hall–Kier alpha value is -3.28. The zero-order valence-corrected chi connectivity index (χ0v) is 14.4. The van der Waals surface area contributed by atoms with Crippen molar-refractivity contribution < 1.29 is 24.9 Å². The molecule has 2 aromatic carbocycles. The maximum Gasteiger partial charge on any atom is 0.294 e. The average molecular weight is 353 g/mol. The Balaban J connectivity index is 2.22. The maximum atomic E-state index is 12.8. The van der Waals surface area contributed by atoms with Gasteiger partial charge in [0, 0.05) is 6.42 Å². The normalized spacial score (nSPS) is 17.1. The van der Waals surface area contributed by atoms with Gasteiger partial charge in [0.1, 0.15) is 11.5 Å². The van der Waals surface area contributed by atoms with E-state index in [1.165, 1.54) is 23.1 Å². The van der Waals surface area contributed by atoms with E-state index in [9.17, 15) is 24.9 Å². The van der Waals surface area contributed by atoms with Gasteiger partial charge in [-0.25, -0.2) is 0 Å². The number of aliphatic hydroxyl groups is 1. The van der Waals surface area contributed by atoms with Gasteiger partial charge in [-0.2, -0.15) is 0 Å². The molecular weight excluding hydrogens is 334 g/mol. The number of carbonyl (C=O) groups is 2. The standard InChI is InChI=1S/C20H19NO5/c1-3-15(23)17-18(12-5-7-13(22)8-6-12)21(20(26)19(17)25)14-10-11(2)4-9-16(14)24/h4-10,18,22,24-25H,3H2,1-2H3. The highest BCUT2D eigenvalue weighted by Gasteiger charge is 2.44. The molecule has 0 spiro atoms. The summed E-state index contributed by atoms with van der Waals surface area (Å²) in [4.78, 5) is 26.4. The van der Waals surface area contributed by atoms with E-state index in [0.29, 0.717) is 5.56 Å². The van der Waals surface area contributed by atoms with E-state index < -0.39 is 17.7 Å². The Morgan fingerprint density at radius 2 is 1.73 bits per heavy atom. The Labute approximate surface area is 150 Å². The van der Waals surface area contributed by atoms with Crippen molar-refractivity contribution in [2.24, 2.45) is 0 Å². The molecule has 1 unspecified atom stereocenters. The molecule has 1 amide bonds. The molecule has 0 bridgehead atoms. The predicted octanol–water partition coefficient (Wildman–Crippen LogP) is 3.29. The van der Waals surface area contributed by atoms with Crippen LogP contribution in [0.2, 0.25) is 0 Å². The van der Waals surface area contributed by atoms with Crippen LogP contribution >= 0.6 is 0 Å². The molecule has 3 rings (SSSR count). The fourth-order valence-corrected chi connectivity index (χ4v) is 3.13. The van der Waals surface area contributed by atoms with Crippen molar-refractivity contribution in [3.05, 3.63) is 64.9 Å². The highest BCUT2D eigenvalue weighted by atomic mass is 16.3. The lowest BCUT2D eigenvalue weighted by molar-refractivity contribution is -0.118. The van der Waals surface area contributed by atoms with Gasteiger partial charge < -0.3 is 15.3 Å². The van der Waals surface area contributed by atoms with Crippen LogP contribution in [0.15, 0.2) is 53.8 Å². The van der Waals surface area contributed by atoms with E-state index in [1.54, 1.807) is 31.2 Å². The van der Waals surface area contributed by atoms with Gasteiger partial charge in [-0.1, -0.05) is 25.1 Å². The molecule has 1 aliphatic heterocycles. The molecule has 6 heteroatoms. The molecule has 3 N–H and O–H groups in total. The Morgan fingerprint density at radius 3 is 2.35 bits per heavy atom. The summed E-state index contributed by atoms with van der Waals surface area (Å²) in [6.07, 6.45) is 0.120. The molecular formula is C20H19NO5. The number of carbonyl (C=O) groups excluding carboxylic acids is 2. The summed E-state index contributed by atoms with van der Waals surface area (Å²) in [7, 11) is 0. The second-order valence-corrected chi connectivity index (χ2v) is 6.20. The number of aliphatic hydroxyl groups excluding tert-OH is 1. The lowest BCUT2D eigenvalue weighted by atomic mass is 9.94. The predicted molar refractivity (Wildman–Crippen MR) is 96.1 cm³/mol. The molecule has 6 nitrogen and oxygen atoms in total. The van der Waals surface area contributed by atoms with Crippen molar-refractivity contribution >= 4 is 17.4 Å². The largest absolute Gasteiger partial charge is 0.508 e. The zero-order valence-electron chi connectivity index (χ0n) is 14.4. The van der Waals surface area contributed by atoms with Crippen LogP contribution in [0.3, 0.4) is 0 Å². The van der Waals surface area contributed by atoms with Gasteiger partial charge in [-0.3, -0.25) is 14.5 Å². The maximum absolute atomic E-state index is 12.8. The van der Waals surface area contributed by atoms with Gasteiger partial charge in [-0.05, 0) is 42.3 Å². The number of ketones is 1. The molecule has 0 aromatic heterocycles. The van der Waals surface area contributed by atoms with Crippen LogP contribution in [-0.2, 0) is 9.59 Å². The minimum atomic E-state index is -0.886. The van der Waals surface area contributed by atoms with Crippen LogP contribution in [0.5, 0.6) is 11.5 Å². The summed E-state index contributed by atoms with van der Waals surface area (Å²) in [6.45, 7) is 3.46. The van der Waals surface area contributed by atoms with Crippen molar-refractivity contribution in [3.8, 4) is 11.5 Å².